The topological polar surface area (TPSA) is 74.3 Å². The third-order valence-corrected chi connectivity index (χ3v) is 4.52. The van der Waals surface area contributed by atoms with E-state index in [4.69, 9.17) is 4.74 Å². The van der Waals surface area contributed by atoms with E-state index in [0.717, 1.165) is 22.2 Å². The van der Waals surface area contributed by atoms with Gasteiger partial charge >= 0.3 is 5.69 Å². The number of aromatic nitrogens is 5. The van der Waals surface area contributed by atoms with E-state index in [9.17, 15) is 4.79 Å². The van der Waals surface area contributed by atoms with Gasteiger partial charge in [-0.25, -0.2) is 24.1 Å². The van der Waals surface area contributed by atoms with Gasteiger partial charge in [-0.1, -0.05) is 11.8 Å². The molecule has 4 rings (SSSR count). The summed E-state index contributed by atoms with van der Waals surface area (Å²) in [6.07, 6.45) is 7.06. The lowest BCUT2D eigenvalue weighted by molar-refractivity contribution is 0.127. The summed E-state index contributed by atoms with van der Waals surface area (Å²) in [5.74, 6) is 0. The lowest BCUT2D eigenvalue weighted by atomic mass is 10.1. The highest BCUT2D eigenvalue weighted by Crippen LogP contribution is 2.32. The summed E-state index contributed by atoms with van der Waals surface area (Å²) < 4.78 is 8.20. The quantitative estimate of drug-likeness (QED) is 0.414. The molecule has 0 saturated heterocycles. The van der Waals surface area contributed by atoms with Crippen LogP contribution >= 0.6 is 11.8 Å². The Hall–Kier alpha value is -2.71. The minimum atomic E-state index is -0.201. The van der Waals surface area contributed by atoms with Gasteiger partial charge < -0.3 is 4.74 Å². The molecule has 8 heteroatoms. The molecule has 0 aliphatic carbocycles. The Morgan fingerprint density at radius 2 is 2.08 bits per heavy atom. The summed E-state index contributed by atoms with van der Waals surface area (Å²) in [6, 6.07) is 7.54. The molecule has 0 N–H and O–H groups in total. The normalized spacial score (nSPS) is 11.4. The molecule has 25 heavy (non-hydrogen) atoms. The maximum Gasteiger partial charge on any atom is 0.336 e. The van der Waals surface area contributed by atoms with E-state index in [1.165, 1.54) is 16.3 Å². The van der Waals surface area contributed by atoms with Crippen LogP contribution in [-0.2, 0) is 11.5 Å². The molecule has 4 aromatic rings. The molecule has 0 radical (unpaired) electrons. The molecule has 0 saturated carbocycles. The van der Waals surface area contributed by atoms with Crippen molar-refractivity contribution in [1.29, 1.82) is 0 Å². The highest BCUT2D eigenvalue weighted by atomic mass is 32.2. The number of rotatable bonds is 4. The predicted octanol–water partition coefficient (Wildman–Crippen LogP) is 2.43. The third-order valence-electron chi connectivity index (χ3n) is 3.95. The lowest BCUT2D eigenvalue weighted by Gasteiger charge is -2.06. The Kier molecular flexibility index (Phi) is 3.98. The second-order valence-corrected chi connectivity index (χ2v) is 6.16. The number of hydrogen-bond donors (Lipinski definition) is 0. The van der Waals surface area contributed by atoms with E-state index in [0.29, 0.717) is 10.8 Å². The van der Waals surface area contributed by atoms with Crippen molar-refractivity contribution in [1.82, 2.24) is 23.9 Å². The fraction of sp³-hybridized carbons (Fsp3) is 0.176. The maximum absolute atomic E-state index is 12.9. The average Bonchev–Trinajstić information content (AvgIpc) is 2.99. The maximum atomic E-state index is 12.9. The molecule has 126 valence electrons. The van der Waals surface area contributed by atoms with Gasteiger partial charge in [-0.3, -0.25) is 4.57 Å². The summed E-state index contributed by atoms with van der Waals surface area (Å²) in [4.78, 5) is 26.1. The first-order chi connectivity index (χ1) is 12.2. The molecular weight excluding hydrogens is 338 g/mol. The fourth-order valence-electron chi connectivity index (χ4n) is 2.92. The van der Waals surface area contributed by atoms with Crippen molar-refractivity contribution in [3.8, 4) is 11.3 Å². The van der Waals surface area contributed by atoms with Crippen molar-refractivity contribution in [2.24, 2.45) is 0 Å². The van der Waals surface area contributed by atoms with E-state index >= 15 is 0 Å². The molecule has 0 unspecified atom stereocenters. The first kappa shape index (κ1) is 15.8. The summed E-state index contributed by atoms with van der Waals surface area (Å²) in [5.41, 5.74) is 2.81. The number of hydrogen-bond acceptors (Lipinski definition) is 6. The van der Waals surface area contributed by atoms with Gasteiger partial charge in [-0.05, 0) is 30.5 Å². The second-order valence-electron chi connectivity index (χ2n) is 5.38. The zero-order chi connectivity index (χ0) is 17.4. The van der Waals surface area contributed by atoms with Crippen LogP contribution in [0.3, 0.4) is 0 Å². The van der Waals surface area contributed by atoms with Gasteiger partial charge in [-0.15, -0.1) is 0 Å². The zero-order valence-electron chi connectivity index (χ0n) is 13.7. The Balaban J connectivity index is 2.13. The lowest BCUT2D eigenvalue weighted by Crippen LogP contribution is -2.26. The summed E-state index contributed by atoms with van der Waals surface area (Å²) >= 11 is 1.48. The smallest absolute Gasteiger partial charge is 0.336 e. The van der Waals surface area contributed by atoms with Crippen LogP contribution in [0.15, 0.2) is 52.8 Å². The van der Waals surface area contributed by atoms with Gasteiger partial charge in [-0.2, -0.15) is 0 Å². The van der Waals surface area contributed by atoms with Crippen LogP contribution in [0.25, 0.3) is 27.8 Å². The first-order valence-corrected chi connectivity index (χ1v) is 8.82. The summed E-state index contributed by atoms with van der Waals surface area (Å²) in [5, 5.41) is 1.56. The Morgan fingerprint density at radius 1 is 1.20 bits per heavy atom. The van der Waals surface area contributed by atoms with E-state index in [1.807, 2.05) is 30.5 Å². The molecule has 0 fully saturated rings. The highest BCUT2D eigenvalue weighted by Gasteiger charge is 2.18. The molecule has 7 nitrogen and oxygen atoms in total. The SMILES string of the molecule is COCn1ccc2c(-c3ccnc(SC)n3)c3cccnc3n2c1=O. The van der Waals surface area contributed by atoms with Crippen LogP contribution in [-0.4, -0.2) is 37.3 Å². The summed E-state index contributed by atoms with van der Waals surface area (Å²) in [7, 11) is 1.55. The monoisotopic (exact) mass is 353 g/mol. The van der Waals surface area contributed by atoms with Gasteiger partial charge in [0.25, 0.3) is 0 Å². The van der Waals surface area contributed by atoms with Gasteiger partial charge in [0.15, 0.2) is 5.16 Å². The van der Waals surface area contributed by atoms with Crippen molar-refractivity contribution in [3.05, 3.63) is 53.3 Å². The minimum absolute atomic E-state index is 0.181. The van der Waals surface area contributed by atoms with Crippen molar-refractivity contribution < 1.29 is 4.74 Å². The van der Waals surface area contributed by atoms with Gasteiger partial charge in [0.05, 0.1) is 11.2 Å². The van der Waals surface area contributed by atoms with Crippen LogP contribution in [0, 0.1) is 0 Å². The van der Waals surface area contributed by atoms with E-state index in [1.54, 1.807) is 30.1 Å². The van der Waals surface area contributed by atoms with Crippen molar-refractivity contribution >= 4 is 28.3 Å². The molecule has 0 amide bonds. The third kappa shape index (κ3) is 2.50. The number of thioether (sulfide) groups is 1. The van der Waals surface area contributed by atoms with E-state index < -0.39 is 0 Å². The number of ether oxygens (including phenoxy) is 1. The summed E-state index contributed by atoms with van der Waals surface area (Å²) in [6.45, 7) is 0.181. The van der Waals surface area contributed by atoms with Crippen LogP contribution in [0.2, 0.25) is 0 Å². The largest absolute Gasteiger partial charge is 0.364 e. The number of nitrogens with zero attached hydrogens (tertiary/aromatic N) is 5. The van der Waals surface area contributed by atoms with E-state index in [-0.39, 0.29) is 12.4 Å². The predicted molar refractivity (Wildman–Crippen MR) is 96.8 cm³/mol. The Bertz CT molecular complexity index is 1130. The molecule has 0 aliphatic rings. The molecule has 0 atom stereocenters. The molecule has 0 aromatic carbocycles. The number of methoxy groups -OCH3 is 1. The molecule has 0 bridgehead atoms. The molecule has 0 spiro atoms. The van der Waals surface area contributed by atoms with Crippen molar-refractivity contribution in [2.45, 2.75) is 11.9 Å². The minimum Gasteiger partial charge on any atom is -0.364 e. The highest BCUT2D eigenvalue weighted by molar-refractivity contribution is 7.98. The van der Waals surface area contributed by atoms with Crippen molar-refractivity contribution in [3.63, 3.8) is 0 Å². The van der Waals surface area contributed by atoms with Gasteiger partial charge in [0.1, 0.15) is 12.4 Å². The van der Waals surface area contributed by atoms with Gasteiger partial charge in [0.2, 0.25) is 0 Å². The number of fused-ring (bicyclic) bond motifs is 3. The van der Waals surface area contributed by atoms with Crippen LogP contribution in [0.5, 0.6) is 0 Å². The standard InChI is InChI=1S/C17H15N5O2S/c1-24-10-21-9-6-13-14(12-5-8-19-16(20-12)25-2)11-4-3-7-18-15(11)22(13)17(21)23/h3-9H,10H2,1-2H3. The number of pyridine rings is 1. The first-order valence-electron chi connectivity index (χ1n) is 7.59. The zero-order valence-corrected chi connectivity index (χ0v) is 14.5. The van der Waals surface area contributed by atoms with Gasteiger partial charge in [0, 0.05) is 36.7 Å². The Labute approximate surface area is 147 Å². The fourth-order valence-corrected chi connectivity index (χ4v) is 3.28. The van der Waals surface area contributed by atoms with E-state index in [2.05, 4.69) is 15.0 Å². The van der Waals surface area contributed by atoms with Crippen LogP contribution in [0.4, 0.5) is 0 Å². The molecule has 4 aromatic heterocycles. The van der Waals surface area contributed by atoms with Crippen LogP contribution in [0.1, 0.15) is 0 Å². The molecule has 4 heterocycles. The van der Waals surface area contributed by atoms with Crippen molar-refractivity contribution in [2.75, 3.05) is 13.4 Å². The Morgan fingerprint density at radius 3 is 2.88 bits per heavy atom. The van der Waals surface area contributed by atoms with Crippen LogP contribution < -0.4 is 5.69 Å². The second kappa shape index (κ2) is 6.30. The average molecular weight is 353 g/mol. The molecule has 0 aliphatic heterocycles. The molecular formula is C17H15N5O2S.